The fourth-order valence-corrected chi connectivity index (χ4v) is 4.94. The Hall–Kier alpha value is -3.94. The van der Waals surface area contributed by atoms with Gasteiger partial charge in [-0.3, -0.25) is 9.59 Å². The van der Waals surface area contributed by atoms with Gasteiger partial charge in [0.2, 0.25) is 5.91 Å². The zero-order valence-corrected chi connectivity index (χ0v) is 20.6. The van der Waals surface area contributed by atoms with E-state index in [0.29, 0.717) is 29.7 Å². The maximum Gasteiger partial charge on any atom is 0.278 e. The quantitative estimate of drug-likeness (QED) is 0.458. The van der Waals surface area contributed by atoms with Gasteiger partial charge in [-0.15, -0.1) is 0 Å². The summed E-state index contributed by atoms with van der Waals surface area (Å²) < 4.78 is 3.06. The minimum atomic E-state index is -0.287. The SMILES string of the molecule is Cc1cccc(N2CCN(C(=O)Cn3nc(C)c4nn(-c5ccccc5)c(C)c4c3=O)C[C@@H]2C)c1. The van der Waals surface area contributed by atoms with Gasteiger partial charge in [-0.1, -0.05) is 30.3 Å². The van der Waals surface area contributed by atoms with E-state index in [1.54, 1.807) is 4.68 Å². The number of rotatable bonds is 4. The van der Waals surface area contributed by atoms with Gasteiger partial charge >= 0.3 is 0 Å². The van der Waals surface area contributed by atoms with Gasteiger partial charge in [-0.2, -0.15) is 10.2 Å². The molecule has 3 heterocycles. The number of carbonyl (C=O) groups is 1. The van der Waals surface area contributed by atoms with Crippen molar-refractivity contribution in [3.05, 3.63) is 81.9 Å². The van der Waals surface area contributed by atoms with E-state index in [1.165, 1.54) is 15.9 Å². The zero-order chi connectivity index (χ0) is 24.7. The summed E-state index contributed by atoms with van der Waals surface area (Å²) in [6.45, 7) is 9.80. The van der Waals surface area contributed by atoms with E-state index >= 15 is 0 Å². The van der Waals surface area contributed by atoms with Gasteiger partial charge in [0, 0.05) is 31.4 Å². The standard InChI is InChI=1S/C27H30N6O2/c1-18-9-8-12-23(15-18)31-14-13-30(16-19(31)2)24(34)17-32-27(35)25-21(4)33(22-10-6-5-7-11-22)29-26(25)20(3)28-32/h5-12,15,19H,13-14,16-17H2,1-4H3/t19-/m0/s1. The number of nitrogens with zero attached hydrogens (tertiary/aromatic N) is 6. The van der Waals surface area contributed by atoms with Crippen LogP contribution in [-0.2, 0) is 11.3 Å². The number of hydrogen-bond acceptors (Lipinski definition) is 5. The molecular formula is C27H30N6O2. The molecule has 0 aliphatic carbocycles. The second-order valence-corrected chi connectivity index (χ2v) is 9.33. The van der Waals surface area contributed by atoms with Crippen molar-refractivity contribution in [2.75, 3.05) is 24.5 Å². The third-order valence-electron chi connectivity index (χ3n) is 6.78. The maximum atomic E-state index is 13.4. The molecular weight excluding hydrogens is 440 g/mol. The summed E-state index contributed by atoms with van der Waals surface area (Å²) in [6, 6.07) is 18.3. The number of hydrogen-bond donors (Lipinski definition) is 0. The molecule has 0 saturated carbocycles. The van der Waals surface area contributed by atoms with E-state index in [1.807, 2.05) is 49.1 Å². The van der Waals surface area contributed by atoms with Crippen LogP contribution in [0.4, 0.5) is 5.69 Å². The average Bonchev–Trinajstić information content (AvgIpc) is 3.20. The molecule has 1 aliphatic rings. The lowest BCUT2D eigenvalue weighted by Gasteiger charge is -2.41. The Morgan fingerprint density at radius 1 is 0.971 bits per heavy atom. The van der Waals surface area contributed by atoms with Crippen molar-refractivity contribution in [1.82, 2.24) is 24.5 Å². The van der Waals surface area contributed by atoms with Gasteiger partial charge in [-0.05, 0) is 57.5 Å². The molecule has 1 aliphatic heterocycles. The summed E-state index contributed by atoms with van der Waals surface area (Å²) in [5.74, 6) is -0.0952. The highest BCUT2D eigenvalue weighted by molar-refractivity contribution is 5.83. The van der Waals surface area contributed by atoms with Crippen molar-refractivity contribution in [3.63, 3.8) is 0 Å². The van der Waals surface area contributed by atoms with E-state index in [9.17, 15) is 9.59 Å². The number of anilines is 1. The molecule has 0 radical (unpaired) electrons. The highest BCUT2D eigenvalue weighted by Gasteiger charge is 2.28. The number of para-hydroxylation sites is 1. The molecule has 5 rings (SSSR count). The average molecular weight is 471 g/mol. The summed E-state index contributed by atoms with van der Waals surface area (Å²) in [7, 11) is 0. The molecule has 0 bridgehead atoms. The number of fused-ring (bicyclic) bond motifs is 1. The monoisotopic (exact) mass is 470 g/mol. The number of benzene rings is 2. The molecule has 1 atom stereocenters. The van der Waals surface area contributed by atoms with Gasteiger partial charge in [0.1, 0.15) is 12.1 Å². The largest absolute Gasteiger partial charge is 0.365 e. The maximum absolute atomic E-state index is 13.4. The fourth-order valence-electron chi connectivity index (χ4n) is 4.94. The van der Waals surface area contributed by atoms with E-state index < -0.39 is 0 Å². The van der Waals surface area contributed by atoms with E-state index in [2.05, 4.69) is 53.2 Å². The molecule has 8 nitrogen and oxygen atoms in total. The summed E-state index contributed by atoms with van der Waals surface area (Å²) >= 11 is 0. The number of aryl methyl sites for hydroxylation is 3. The first-order valence-corrected chi connectivity index (χ1v) is 12.0. The summed E-state index contributed by atoms with van der Waals surface area (Å²) in [4.78, 5) is 30.7. The first-order valence-electron chi connectivity index (χ1n) is 12.0. The second kappa shape index (κ2) is 9.02. The fraction of sp³-hybridized carbons (Fsp3) is 0.333. The first kappa shape index (κ1) is 22.8. The molecule has 1 saturated heterocycles. The molecule has 2 aromatic carbocycles. The Morgan fingerprint density at radius 2 is 1.71 bits per heavy atom. The predicted molar refractivity (Wildman–Crippen MR) is 137 cm³/mol. The number of amides is 1. The Labute approximate surface area is 204 Å². The third kappa shape index (κ3) is 4.20. The Balaban J connectivity index is 1.38. The Kier molecular flexibility index (Phi) is 5.88. The lowest BCUT2D eigenvalue weighted by molar-refractivity contribution is -0.132. The Morgan fingerprint density at radius 3 is 2.43 bits per heavy atom. The van der Waals surface area contributed by atoms with E-state index in [-0.39, 0.29) is 24.1 Å². The van der Waals surface area contributed by atoms with Gasteiger partial charge in [-0.25, -0.2) is 9.36 Å². The van der Waals surface area contributed by atoms with Crippen LogP contribution < -0.4 is 10.5 Å². The predicted octanol–water partition coefficient (Wildman–Crippen LogP) is 3.24. The van der Waals surface area contributed by atoms with Gasteiger partial charge in [0.05, 0.1) is 22.5 Å². The first-order chi connectivity index (χ1) is 16.8. The van der Waals surface area contributed by atoms with Crippen molar-refractivity contribution in [2.24, 2.45) is 0 Å². The Bertz CT molecular complexity index is 1460. The van der Waals surface area contributed by atoms with Crippen LogP contribution in [0.5, 0.6) is 0 Å². The van der Waals surface area contributed by atoms with Crippen LogP contribution in [-0.4, -0.2) is 56.0 Å². The minimum Gasteiger partial charge on any atom is -0.365 e. The molecule has 1 fully saturated rings. The summed E-state index contributed by atoms with van der Waals surface area (Å²) in [5.41, 5.74) is 4.92. The molecule has 35 heavy (non-hydrogen) atoms. The molecule has 0 spiro atoms. The minimum absolute atomic E-state index is 0.0806. The molecule has 0 N–H and O–H groups in total. The molecule has 0 unspecified atom stereocenters. The van der Waals surface area contributed by atoms with Crippen LogP contribution in [0.25, 0.3) is 16.6 Å². The van der Waals surface area contributed by atoms with Crippen molar-refractivity contribution in [1.29, 1.82) is 0 Å². The van der Waals surface area contributed by atoms with E-state index in [4.69, 9.17) is 0 Å². The molecule has 2 aromatic heterocycles. The summed E-state index contributed by atoms with van der Waals surface area (Å²) in [6.07, 6.45) is 0. The van der Waals surface area contributed by atoms with Gasteiger partial charge < -0.3 is 9.80 Å². The molecule has 4 aromatic rings. The normalized spacial score (nSPS) is 16.2. The zero-order valence-electron chi connectivity index (χ0n) is 20.6. The third-order valence-corrected chi connectivity index (χ3v) is 6.78. The van der Waals surface area contributed by atoms with Crippen LogP contribution in [0.2, 0.25) is 0 Å². The van der Waals surface area contributed by atoms with E-state index in [0.717, 1.165) is 17.9 Å². The van der Waals surface area contributed by atoms with Gasteiger partial charge in [0.15, 0.2) is 0 Å². The lowest BCUT2D eigenvalue weighted by atomic mass is 10.1. The van der Waals surface area contributed by atoms with Crippen molar-refractivity contribution >= 4 is 22.5 Å². The van der Waals surface area contributed by atoms with Crippen molar-refractivity contribution < 1.29 is 4.79 Å². The molecule has 8 heteroatoms. The van der Waals surface area contributed by atoms with Crippen molar-refractivity contribution in [3.8, 4) is 5.69 Å². The number of carbonyl (C=O) groups excluding carboxylic acids is 1. The second-order valence-electron chi connectivity index (χ2n) is 9.33. The van der Waals surface area contributed by atoms with Gasteiger partial charge in [0.25, 0.3) is 5.56 Å². The van der Waals surface area contributed by atoms with Crippen LogP contribution in [0, 0.1) is 20.8 Å². The molecule has 180 valence electrons. The topological polar surface area (TPSA) is 76.3 Å². The lowest BCUT2D eigenvalue weighted by Crippen LogP contribution is -2.54. The van der Waals surface area contributed by atoms with Crippen LogP contribution in [0.1, 0.15) is 23.9 Å². The van der Waals surface area contributed by atoms with Crippen LogP contribution in [0.15, 0.2) is 59.4 Å². The van der Waals surface area contributed by atoms with Crippen molar-refractivity contribution in [2.45, 2.75) is 40.3 Å². The molecule has 1 amide bonds. The highest BCUT2D eigenvalue weighted by atomic mass is 16.2. The summed E-state index contributed by atoms with van der Waals surface area (Å²) in [5, 5.41) is 9.60. The smallest absolute Gasteiger partial charge is 0.278 e. The highest BCUT2D eigenvalue weighted by Crippen LogP contribution is 2.22. The van der Waals surface area contributed by atoms with Crippen LogP contribution >= 0.6 is 0 Å². The number of piperazine rings is 1. The van der Waals surface area contributed by atoms with Crippen LogP contribution in [0.3, 0.4) is 0 Å². The number of aromatic nitrogens is 4.